The van der Waals surface area contributed by atoms with Crippen LogP contribution in [-0.4, -0.2) is 95.8 Å². The zero-order valence-corrected chi connectivity index (χ0v) is 58.7. The topological polar surface area (TPSA) is 386 Å². The fraction of sp³-hybridized carbons (Fsp3) is 0.197. The molecule has 0 aliphatic heterocycles. The first kappa shape index (κ1) is 81.7. The summed E-state index contributed by atoms with van der Waals surface area (Å²) in [7, 11) is -8.01. The highest BCUT2D eigenvalue weighted by Gasteiger charge is 2.38. The van der Waals surface area contributed by atoms with Crippen LogP contribution in [-0.2, 0) is 74.1 Å². The second-order valence-corrected chi connectivity index (χ2v) is 23.9. The number of anilines is 3. The van der Waals surface area contributed by atoms with Gasteiger partial charge in [0.05, 0.1) is 115 Å². The Balaban J connectivity index is 0.000000238. The number of aliphatic hydroxyl groups is 1. The van der Waals surface area contributed by atoms with Crippen molar-refractivity contribution in [2.45, 2.75) is 71.8 Å². The number of hydrogen-bond acceptors (Lipinski definition) is 21. The van der Waals surface area contributed by atoms with E-state index >= 15 is 0 Å². The average Bonchev–Trinajstić information content (AvgIpc) is 0.793. The molecule has 3 heterocycles. The Kier molecular flexibility index (Phi) is 27.3. The molecule has 0 radical (unpaired) electrons. The van der Waals surface area contributed by atoms with Crippen LogP contribution in [0, 0.1) is 17.5 Å². The Hall–Kier alpha value is -11.8. The van der Waals surface area contributed by atoms with E-state index in [-0.39, 0.29) is 47.3 Å². The third kappa shape index (κ3) is 24.3. The molecule has 0 fully saturated rings. The minimum Gasteiger partial charge on any atom is -0.493 e. The Morgan fingerprint density at radius 3 is 1.26 bits per heavy atom. The number of carboxylic acids is 1. The zero-order valence-electron chi connectivity index (χ0n) is 58.6. The SMILES string of the molecule is CCOc1cc(F)ccc1Oc1cc(C(F)(F)F)c(Cl)cc1C(=O)Nc1cnn(CO)c(=O)c1.CCc1cc(F)ccc1Oc1cc(C(F)(F)F)c(Cl)cc1C(=O)Nc1cnn(COC(=O)CCC(=O)O)c(=O)c1.[2H]C([2H])([2H])Oc1cc(F)ccc1Oc1cc(C(F)(F)F)c(Cl)cc1C(=O)Nc1cnn(COS(=O)(=O)O)c(=O)c1. The second kappa shape index (κ2) is 37.1. The van der Waals surface area contributed by atoms with E-state index in [0.717, 1.165) is 91.4 Å². The summed E-state index contributed by atoms with van der Waals surface area (Å²) in [4.78, 5) is 97.1. The molecule has 0 spiro atoms. The van der Waals surface area contributed by atoms with E-state index in [1.165, 1.54) is 6.07 Å². The highest BCUT2D eigenvalue weighted by molar-refractivity contribution is 7.80. The average molecular weight is 1660 g/mol. The summed E-state index contributed by atoms with van der Waals surface area (Å²) in [5.41, 5.74) is -8.35. The molecular formula is C66H50Cl3F12N9O20S. The predicted molar refractivity (Wildman–Crippen MR) is 363 cm³/mol. The molecule has 0 aliphatic carbocycles. The maximum Gasteiger partial charge on any atom is 0.417 e. The van der Waals surface area contributed by atoms with E-state index < -0.39 is 210 Å². The molecule has 45 heteroatoms. The van der Waals surface area contributed by atoms with Gasteiger partial charge in [-0.1, -0.05) is 41.7 Å². The van der Waals surface area contributed by atoms with Crippen molar-refractivity contribution in [2.24, 2.45) is 0 Å². The maximum absolute atomic E-state index is 13.7. The third-order valence-corrected chi connectivity index (χ3v) is 15.2. The summed E-state index contributed by atoms with van der Waals surface area (Å²) in [5, 5.41) is 32.7. The molecule has 29 nitrogen and oxygen atoms in total. The summed E-state index contributed by atoms with van der Waals surface area (Å²) < 4.78 is 251. The standard InChI is InChI=1S/C25H20ClF4N3O7.C21H16ClF4N3O5.C20H14ClF4N3O8S/c1-2-13-7-14(27)3-4-19(13)40-20-10-17(25(28,29)30)18(26)9-16(20)24(38)32-15-8-21(34)33(31-11-15)12-39-23(37)6-5-22(35)36;1-2-33-18-5-11(23)3-4-16(18)34-17-8-14(21(24,25)26)15(22)7-13(17)20(32)28-12-6-19(31)29(10-30)27-9-12;1-34-17-4-10(22)2-3-15(17)36-16-7-13(20(23,24)25)14(21)6-12(16)19(30)27-11-5-18(29)28(26-8-11)9-35-37(31,32)33/h3-4,7-11H,2,5-6,12H2,1H3,(H,32,38)(H,35,36);3-9,30H,2,10H2,1H3,(H,28,32);2-8H,9H2,1H3,(H,27,30)(H,31,32,33)/i;;1D3. The molecule has 0 unspecified atom stereocenters. The number of benzene rings is 6. The lowest BCUT2D eigenvalue weighted by Crippen LogP contribution is -2.26. The number of esters is 1. The number of halogens is 15. The van der Waals surface area contributed by atoms with Gasteiger partial charge in [-0.05, 0) is 97.8 Å². The van der Waals surface area contributed by atoms with Crippen LogP contribution in [0.25, 0.3) is 0 Å². The third-order valence-electron chi connectivity index (χ3n) is 13.9. The van der Waals surface area contributed by atoms with Crippen LogP contribution in [0.3, 0.4) is 0 Å². The highest BCUT2D eigenvalue weighted by Crippen LogP contribution is 2.45. The summed E-state index contributed by atoms with van der Waals surface area (Å²) in [6.07, 6.45) is -12.5. The van der Waals surface area contributed by atoms with Gasteiger partial charge in [0.1, 0.15) is 47.2 Å². The van der Waals surface area contributed by atoms with Gasteiger partial charge in [0.2, 0.25) is 0 Å². The number of methoxy groups -OCH3 is 1. The van der Waals surface area contributed by atoms with E-state index in [0.29, 0.717) is 49.9 Å². The number of hydrogen-bond donors (Lipinski definition) is 6. The van der Waals surface area contributed by atoms with Crippen molar-refractivity contribution in [2.75, 3.05) is 29.6 Å². The zero-order chi connectivity index (χ0) is 84.7. The van der Waals surface area contributed by atoms with Crippen molar-refractivity contribution in [1.82, 2.24) is 29.3 Å². The monoisotopic (exact) mass is 1660 g/mol. The minimum atomic E-state index is -5.02. The number of carboxylic acid groups (broad SMARTS) is 1. The van der Waals surface area contributed by atoms with Crippen LogP contribution in [0.1, 0.15) is 84.1 Å². The lowest BCUT2D eigenvalue weighted by Gasteiger charge is -2.17. The van der Waals surface area contributed by atoms with Gasteiger partial charge < -0.3 is 54.6 Å². The highest BCUT2D eigenvalue weighted by atomic mass is 35.5. The van der Waals surface area contributed by atoms with Gasteiger partial charge >= 0.3 is 40.9 Å². The number of aliphatic carboxylic acids is 1. The summed E-state index contributed by atoms with van der Waals surface area (Å²) in [6.45, 7) is 1.04. The number of aliphatic hydroxyl groups excluding tert-OH is 1. The number of amides is 3. The molecule has 9 aromatic rings. The molecule has 3 amide bonds. The molecule has 0 bridgehead atoms. The molecular weight excluding hydrogens is 1610 g/mol. The smallest absolute Gasteiger partial charge is 0.417 e. The number of carbonyl (C=O) groups excluding carboxylic acids is 4. The number of carbonyl (C=O) groups is 5. The number of ether oxygens (including phenoxy) is 6. The van der Waals surface area contributed by atoms with E-state index in [1.54, 1.807) is 13.8 Å². The molecule has 6 aromatic carbocycles. The summed E-state index contributed by atoms with van der Waals surface area (Å²) in [6, 6.07) is 14.8. The first-order valence-electron chi connectivity index (χ1n) is 31.8. The Labute approximate surface area is 633 Å². The fourth-order valence-corrected chi connectivity index (χ4v) is 9.83. The molecule has 3 aromatic heterocycles. The summed E-state index contributed by atoms with van der Waals surface area (Å²) in [5.74, 6) is -11.0. The number of alkyl halides is 9. The van der Waals surface area contributed by atoms with Crippen molar-refractivity contribution < 1.29 is 137 Å². The van der Waals surface area contributed by atoms with E-state index in [4.69, 9.17) is 77.4 Å². The van der Waals surface area contributed by atoms with Gasteiger partial charge in [0, 0.05) is 30.3 Å². The molecule has 6 N–H and O–H groups in total. The molecule has 9 rings (SSSR count). The minimum absolute atomic E-state index is 0.00978. The van der Waals surface area contributed by atoms with Gasteiger partial charge in [-0.15, -0.1) is 0 Å². The van der Waals surface area contributed by atoms with Crippen LogP contribution >= 0.6 is 34.8 Å². The van der Waals surface area contributed by atoms with Crippen LogP contribution in [0.15, 0.2) is 142 Å². The van der Waals surface area contributed by atoms with Crippen LogP contribution in [0.2, 0.25) is 15.1 Å². The van der Waals surface area contributed by atoms with Crippen molar-refractivity contribution in [1.29, 1.82) is 0 Å². The molecule has 0 atom stereocenters. The van der Waals surface area contributed by atoms with Gasteiger partial charge in [0.15, 0.2) is 36.5 Å². The van der Waals surface area contributed by atoms with E-state index in [2.05, 4.69) is 40.2 Å². The number of nitrogens with zero attached hydrogens (tertiary/aromatic N) is 6. The fourth-order valence-electron chi connectivity index (χ4n) is 8.79. The van der Waals surface area contributed by atoms with Crippen molar-refractivity contribution >= 4 is 91.9 Å². The van der Waals surface area contributed by atoms with Gasteiger partial charge in [-0.3, -0.25) is 42.9 Å². The van der Waals surface area contributed by atoms with Gasteiger partial charge in [-0.2, -0.15) is 67.9 Å². The first-order chi connectivity index (χ1) is 53.1. The molecule has 0 saturated carbocycles. The number of aromatic nitrogens is 6. The molecule has 590 valence electrons. The number of aryl methyl sites for hydroxylation is 1. The Bertz CT molecular complexity index is 5460. The quantitative estimate of drug-likeness (QED) is 0.0176. The van der Waals surface area contributed by atoms with Crippen molar-refractivity contribution in [3.8, 4) is 46.0 Å². The molecule has 0 saturated heterocycles. The predicted octanol–water partition coefficient (Wildman–Crippen LogP) is 13.4. The molecule has 0 aliphatic rings. The van der Waals surface area contributed by atoms with Crippen LogP contribution < -0.4 is 56.3 Å². The van der Waals surface area contributed by atoms with Gasteiger partial charge in [0.25, 0.3) is 34.4 Å². The lowest BCUT2D eigenvalue weighted by molar-refractivity contribution is -0.151. The van der Waals surface area contributed by atoms with Crippen LogP contribution in [0.5, 0.6) is 46.0 Å². The van der Waals surface area contributed by atoms with E-state index in [9.17, 15) is 99.5 Å². The Morgan fingerprint density at radius 2 is 0.892 bits per heavy atom. The van der Waals surface area contributed by atoms with Crippen molar-refractivity contribution in [3.63, 3.8) is 0 Å². The number of rotatable bonds is 25. The van der Waals surface area contributed by atoms with Crippen molar-refractivity contribution in [3.05, 3.63) is 230 Å². The van der Waals surface area contributed by atoms with E-state index in [1.807, 2.05) is 0 Å². The summed E-state index contributed by atoms with van der Waals surface area (Å²) >= 11 is 17.3. The van der Waals surface area contributed by atoms with Crippen LogP contribution in [0.4, 0.5) is 69.7 Å². The number of nitrogens with one attached hydrogen (secondary N) is 3. The molecule has 111 heavy (non-hydrogen) atoms. The maximum atomic E-state index is 13.7. The second-order valence-electron chi connectivity index (χ2n) is 21.6. The Morgan fingerprint density at radius 1 is 0.514 bits per heavy atom. The first-order valence-corrected chi connectivity index (χ1v) is 32.8. The normalized spacial score (nSPS) is 11.9. The van der Waals surface area contributed by atoms with Gasteiger partial charge in [-0.25, -0.2) is 26.7 Å². The lowest BCUT2D eigenvalue weighted by atomic mass is 10.1. The largest absolute Gasteiger partial charge is 0.493 e.